The highest BCUT2D eigenvalue weighted by atomic mass is 35.5. The number of halogens is 1. The standard InChI is InChI=1S/C13H19ClN2O2/c1-4-7-15(10(2)3)9-11-5-6-12(14)13(8-11)16(17)18/h5-6,8,10H,4,7,9H2,1-3H3. The van der Waals surface area contributed by atoms with Crippen LogP contribution in [-0.4, -0.2) is 22.4 Å². The normalized spacial score (nSPS) is 11.2. The van der Waals surface area contributed by atoms with Crippen LogP contribution in [-0.2, 0) is 6.54 Å². The van der Waals surface area contributed by atoms with Crippen molar-refractivity contribution in [3.63, 3.8) is 0 Å². The SMILES string of the molecule is CCCN(Cc1ccc(Cl)c([N+](=O)[O-])c1)C(C)C. The molecule has 0 aliphatic heterocycles. The third-order valence-electron chi connectivity index (χ3n) is 2.83. The lowest BCUT2D eigenvalue weighted by Gasteiger charge is -2.25. The molecule has 0 aliphatic carbocycles. The number of hydrogen-bond acceptors (Lipinski definition) is 3. The van der Waals surface area contributed by atoms with Gasteiger partial charge in [-0.15, -0.1) is 0 Å². The van der Waals surface area contributed by atoms with E-state index in [4.69, 9.17) is 11.6 Å². The molecule has 5 heteroatoms. The van der Waals surface area contributed by atoms with Crippen molar-refractivity contribution in [3.8, 4) is 0 Å². The molecule has 4 nitrogen and oxygen atoms in total. The van der Waals surface area contributed by atoms with Crippen LogP contribution >= 0.6 is 11.6 Å². The quantitative estimate of drug-likeness (QED) is 0.582. The number of nitro benzene ring substituents is 1. The van der Waals surface area contributed by atoms with Crippen LogP contribution in [0, 0.1) is 10.1 Å². The molecule has 1 aromatic carbocycles. The van der Waals surface area contributed by atoms with Crippen molar-refractivity contribution in [2.45, 2.75) is 39.8 Å². The number of benzene rings is 1. The molecule has 1 rings (SSSR count). The van der Waals surface area contributed by atoms with E-state index in [0.29, 0.717) is 12.6 Å². The molecular weight excluding hydrogens is 252 g/mol. The summed E-state index contributed by atoms with van der Waals surface area (Å²) in [5.74, 6) is 0. The first-order valence-electron chi connectivity index (χ1n) is 6.12. The smallest absolute Gasteiger partial charge is 0.288 e. The molecule has 0 spiro atoms. The number of nitrogens with zero attached hydrogens (tertiary/aromatic N) is 2. The number of nitro groups is 1. The predicted octanol–water partition coefficient (Wildman–Crippen LogP) is 3.87. The van der Waals surface area contributed by atoms with Gasteiger partial charge in [0, 0.05) is 18.7 Å². The Balaban J connectivity index is 2.89. The Morgan fingerprint density at radius 1 is 1.44 bits per heavy atom. The Morgan fingerprint density at radius 3 is 2.61 bits per heavy atom. The second-order valence-corrected chi connectivity index (χ2v) is 5.01. The lowest BCUT2D eigenvalue weighted by molar-refractivity contribution is -0.384. The summed E-state index contributed by atoms with van der Waals surface area (Å²) >= 11 is 5.80. The maximum Gasteiger partial charge on any atom is 0.288 e. The molecular formula is C13H19ClN2O2. The van der Waals surface area contributed by atoms with Gasteiger partial charge in [0.1, 0.15) is 5.02 Å². The minimum Gasteiger partial charge on any atom is -0.297 e. The van der Waals surface area contributed by atoms with Gasteiger partial charge in [-0.25, -0.2) is 0 Å². The lowest BCUT2D eigenvalue weighted by Crippen LogP contribution is -2.31. The van der Waals surface area contributed by atoms with Gasteiger partial charge in [0.2, 0.25) is 0 Å². The van der Waals surface area contributed by atoms with E-state index in [9.17, 15) is 10.1 Å². The van der Waals surface area contributed by atoms with Crippen LogP contribution in [0.4, 0.5) is 5.69 Å². The highest BCUT2D eigenvalue weighted by Gasteiger charge is 2.15. The first-order chi connectivity index (χ1) is 8.45. The summed E-state index contributed by atoms with van der Waals surface area (Å²) in [4.78, 5) is 12.7. The average molecular weight is 271 g/mol. The van der Waals surface area contributed by atoms with Gasteiger partial charge in [-0.1, -0.05) is 24.6 Å². The van der Waals surface area contributed by atoms with Crippen molar-refractivity contribution in [2.75, 3.05) is 6.54 Å². The van der Waals surface area contributed by atoms with Gasteiger partial charge in [0.15, 0.2) is 0 Å². The Kier molecular flexibility index (Phi) is 5.56. The van der Waals surface area contributed by atoms with Gasteiger partial charge in [-0.3, -0.25) is 15.0 Å². The molecule has 0 amide bonds. The van der Waals surface area contributed by atoms with Crippen LogP contribution in [0.3, 0.4) is 0 Å². The maximum absolute atomic E-state index is 10.8. The summed E-state index contributed by atoms with van der Waals surface area (Å²) in [6.07, 6.45) is 1.06. The first kappa shape index (κ1) is 14.9. The zero-order valence-corrected chi connectivity index (χ0v) is 11.8. The Hall–Kier alpha value is -1.13. The highest BCUT2D eigenvalue weighted by Crippen LogP contribution is 2.25. The van der Waals surface area contributed by atoms with Crippen molar-refractivity contribution >= 4 is 17.3 Å². The van der Waals surface area contributed by atoms with E-state index in [1.165, 1.54) is 0 Å². The van der Waals surface area contributed by atoms with E-state index in [1.54, 1.807) is 12.1 Å². The average Bonchev–Trinajstić information content (AvgIpc) is 2.30. The van der Waals surface area contributed by atoms with E-state index >= 15 is 0 Å². The van der Waals surface area contributed by atoms with E-state index < -0.39 is 4.92 Å². The Morgan fingerprint density at radius 2 is 2.11 bits per heavy atom. The van der Waals surface area contributed by atoms with Crippen LogP contribution in [0.25, 0.3) is 0 Å². The third kappa shape index (κ3) is 3.96. The Bertz CT molecular complexity index is 421. The predicted molar refractivity (Wildman–Crippen MR) is 73.9 cm³/mol. The monoisotopic (exact) mass is 270 g/mol. The molecule has 18 heavy (non-hydrogen) atoms. The number of hydrogen-bond donors (Lipinski definition) is 0. The van der Waals surface area contributed by atoms with Gasteiger partial charge in [0.05, 0.1) is 4.92 Å². The van der Waals surface area contributed by atoms with Crippen LogP contribution in [0.5, 0.6) is 0 Å². The van der Waals surface area contributed by atoms with Crippen LogP contribution < -0.4 is 0 Å². The minimum absolute atomic E-state index is 0.0191. The van der Waals surface area contributed by atoms with Gasteiger partial charge in [-0.2, -0.15) is 0 Å². The summed E-state index contributed by atoms with van der Waals surface area (Å²) in [5, 5.41) is 11.0. The minimum atomic E-state index is -0.439. The molecule has 0 radical (unpaired) electrons. The molecule has 0 saturated heterocycles. The van der Waals surface area contributed by atoms with Gasteiger partial charge < -0.3 is 0 Å². The van der Waals surface area contributed by atoms with Crippen molar-refractivity contribution in [1.29, 1.82) is 0 Å². The van der Waals surface area contributed by atoms with Gasteiger partial charge in [-0.05, 0) is 38.4 Å². The first-order valence-corrected chi connectivity index (χ1v) is 6.50. The van der Waals surface area contributed by atoms with E-state index in [-0.39, 0.29) is 10.7 Å². The molecule has 0 fully saturated rings. The van der Waals surface area contributed by atoms with Crippen molar-refractivity contribution in [3.05, 3.63) is 38.9 Å². The fourth-order valence-corrected chi connectivity index (χ4v) is 2.02. The fourth-order valence-electron chi connectivity index (χ4n) is 1.84. The molecule has 0 aromatic heterocycles. The second-order valence-electron chi connectivity index (χ2n) is 4.61. The maximum atomic E-state index is 10.8. The molecule has 100 valence electrons. The molecule has 0 N–H and O–H groups in total. The van der Waals surface area contributed by atoms with Crippen LogP contribution in [0.1, 0.15) is 32.8 Å². The van der Waals surface area contributed by atoms with E-state index in [1.807, 2.05) is 6.07 Å². The molecule has 0 aliphatic rings. The Labute approximate surface area is 113 Å². The molecule has 0 atom stereocenters. The van der Waals surface area contributed by atoms with Gasteiger partial charge >= 0.3 is 0 Å². The summed E-state index contributed by atoms with van der Waals surface area (Å²) < 4.78 is 0. The molecule has 0 bridgehead atoms. The summed E-state index contributed by atoms with van der Waals surface area (Å²) in [6, 6.07) is 5.42. The highest BCUT2D eigenvalue weighted by molar-refractivity contribution is 6.32. The van der Waals surface area contributed by atoms with E-state index in [0.717, 1.165) is 18.5 Å². The lowest BCUT2D eigenvalue weighted by atomic mass is 10.1. The fraction of sp³-hybridized carbons (Fsp3) is 0.538. The summed E-state index contributed by atoms with van der Waals surface area (Å²) in [7, 11) is 0. The molecule has 1 aromatic rings. The zero-order valence-electron chi connectivity index (χ0n) is 11.0. The molecule has 0 saturated carbocycles. The third-order valence-corrected chi connectivity index (χ3v) is 3.15. The number of rotatable bonds is 6. The topological polar surface area (TPSA) is 46.4 Å². The van der Waals surface area contributed by atoms with Crippen molar-refractivity contribution in [2.24, 2.45) is 0 Å². The second kappa shape index (κ2) is 6.71. The molecule has 0 unspecified atom stereocenters. The largest absolute Gasteiger partial charge is 0.297 e. The van der Waals surface area contributed by atoms with Crippen molar-refractivity contribution in [1.82, 2.24) is 4.90 Å². The van der Waals surface area contributed by atoms with Crippen LogP contribution in [0.2, 0.25) is 5.02 Å². The van der Waals surface area contributed by atoms with Gasteiger partial charge in [0.25, 0.3) is 5.69 Å². The van der Waals surface area contributed by atoms with E-state index in [2.05, 4.69) is 25.7 Å². The summed E-state index contributed by atoms with van der Waals surface area (Å²) in [5.41, 5.74) is 0.905. The summed E-state index contributed by atoms with van der Waals surface area (Å²) in [6.45, 7) is 8.07. The zero-order chi connectivity index (χ0) is 13.7. The van der Waals surface area contributed by atoms with Crippen LogP contribution in [0.15, 0.2) is 18.2 Å². The molecule has 0 heterocycles. The van der Waals surface area contributed by atoms with Crippen molar-refractivity contribution < 1.29 is 4.92 Å².